The summed E-state index contributed by atoms with van der Waals surface area (Å²) in [4.78, 5) is 27.5. The van der Waals surface area contributed by atoms with E-state index in [1.165, 1.54) is 23.1 Å². The number of imide groups is 1. The molecule has 3 nitrogen and oxygen atoms in total. The Balaban J connectivity index is 1.82. The van der Waals surface area contributed by atoms with E-state index in [1.54, 1.807) is 24.3 Å². The van der Waals surface area contributed by atoms with E-state index in [9.17, 15) is 14.0 Å². The van der Waals surface area contributed by atoms with Crippen molar-refractivity contribution in [2.75, 3.05) is 0 Å². The van der Waals surface area contributed by atoms with E-state index in [4.69, 9.17) is 11.6 Å². The summed E-state index contributed by atoms with van der Waals surface area (Å²) in [6.45, 7) is 0.179. The summed E-state index contributed by atoms with van der Waals surface area (Å²) >= 11 is 5.94. The summed E-state index contributed by atoms with van der Waals surface area (Å²) in [5, 5.41) is -0.0516. The lowest BCUT2D eigenvalue weighted by Gasteiger charge is -2.33. The maximum atomic E-state index is 13.6. The van der Waals surface area contributed by atoms with Crippen LogP contribution in [0.15, 0.2) is 72.8 Å². The number of nitrogens with zero attached hydrogens (tertiary/aromatic N) is 1. The Bertz CT molecular complexity index is 1040. The normalized spacial score (nSPS) is 16.4. The first kappa shape index (κ1) is 17.4. The highest BCUT2D eigenvalue weighted by molar-refractivity contribution is 6.30. The van der Waals surface area contributed by atoms with Crippen molar-refractivity contribution in [2.45, 2.75) is 12.5 Å². The standard InChI is InChI=1S/C22H15ClFNO2/c23-18-12-15(10-11-19(18)24)20-16-8-4-5-9-17(16)21(26)25(22(20)27)13-14-6-2-1-3-7-14/h1-12,20H,13H2. The summed E-state index contributed by atoms with van der Waals surface area (Å²) in [5.41, 5.74) is 2.50. The minimum absolute atomic E-state index is 0.0516. The molecule has 0 radical (unpaired) electrons. The predicted molar refractivity (Wildman–Crippen MR) is 101 cm³/mol. The number of hydrogen-bond donors (Lipinski definition) is 0. The van der Waals surface area contributed by atoms with E-state index in [2.05, 4.69) is 0 Å². The number of carbonyl (C=O) groups is 2. The van der Waals surface area contributed by atoms with Crippen molar-refractivity contribution in [3.05, 3.63) is 106 Å². The molecule has 27 heavy (non-hydrogen) atoms. The van der Waals surface area contributed by atoms with Gasteiger partial charge in [-0.3, -0.25) is 14.5 Å². The van der Waals surface area contributed by atoms with Crippen LogP contribution in [-0.4, -0.2) is 16.7 Å². The van der Waals surface area contributed by atoms with Gasteiger partial charge in [0.25, 0.3) is 5.91 Å². The number of benzene rings is 3. The van der Waals surface area contributed by atoms with Crippen molar-refractivity contribution in [3.63, 3.8) is 0 Å². The second-order valence-electron chi connectivity index (χ2n) is 6.41. The molecular weight excluding hydrogens is 365 g/mol. The molecule has 1 aliphatic heterocycles. The molecule has 3 aromatic rings. The summed E-state index contributed by atoms with van der Waals surface area (Å²) < 4.78 is 13.6. The fourth-order valence-corrected chi connectivity index (χ4v) is 3.60. The Labute approximate surface area is 161 Å². The van der Waals surface area contributed by atoms with E-state index in [1.807, 2.05) is 30.3 Å². The summed E-state index contributed by atoms with van der Waals surface area (Å²) in [6.07, 6.45) is 0. The van der Waals surface area contributed by atoms with E-state index in [0.29, 0.717) is 16.7 Å². The van der Waals surface area contributed by atoms with Crippen LogP contribution in [0.4, 0.5) is 4.39 Å². The van der Waals surface area contributed by atoms with Crippen LogP contribution >= 0.6 is 11.6 Å². The van der Waals surface area contributed by atoms with Crippen molar-refractivity contribution < 1.29 is 14.0 Å². The van der Waals surface area contributed by atoms with Gasteiger partial charge in [0.15, 0.2) is 0 Å². The van der Waals surface area contributed by atoms with Gasteiger partial charge in [0, 0.05) is 5.56 Å². The molecule has 0 N–H and O–H groups in total. The first-order valence-corrected chi connectivity index (χ1v) is 8.87. The SMILES string of the molecule is O=C1c2ccccc2C(c2ccc(F)c(Cl)c2)C(=O)N1Cc1ccccc1. The van der Waals surface area contributed by atoms with Gasteiger partial charge < -0.3 is 0 Å². The molecule has 1 unspecified atom stereocenters. The van der Waals surface area contributed by atoms with Crippen molar-refractivity contribution in [1.29, 1.82) is 0 Å². The molecule has 5 heteroatoms. The Kier molecular flexibility index (Phi) is 4.50. The third-order valence-electron chi connectivity index (χ3n) is 4.72. The molecular formula is C22H15ClFNO2. The zero-order valence-electron chi connectivity index (χ0n) is 14.2. The van der Waals surface area contributed by atoms with Gasteiger partial charge in [-0.1, -0.05) is 66.2 Å². The van der Waals surface area contributed by atoms with E-state index in [-0.39, 0.29) is 23.4 Å². The Morgan fingerprint density at radius 1 is 0.926 bits per heavy atom. The molecule has 0 saturated heterocycles. The number of fused-ring (bicyclic) bond motifs is 1. The number of halogens is 2. The third-order valence-corrected chi connectivity index (χ3v) is 5.01. The Hall–Kier alpha value is -2.98. The van der Waals surface area contributed by atoms with Gasteiger partial charge in [0.2, 0.25) is 5.91 Å². The third kappa shape index (κ3) is 3.13. The average Bonchev–Trinajstić information content (AvgIpc) is 2.69. The van der Waals surface area contributed by atoms with Crippen molar-refractivity contribution >= 4 is 23.4 Å². The van der Waals surface area contributed by atoms with E-state index in [0.717, 1.165) is 5.56 Å². The lowest BCUT2D eigenvalue weighted by molar-refractivity contribution is -0.130. The Morgan fingerprint density at radius 2 is 1.63 bits per heavy atom. The fraction of sp³-hybridized carbons (Fsp3) is 0.0909. The molecule has 1 aliphatic rings. The molecule has 3 aromatic carbocycles. The molecule has 0 spiro atoms. The van der Waals surface area contributed by atoms with Crippen LogP contribution in [0.2, 0.25) is 5.02 Å². The number of hydrogen-bond acceptors (Lipinski definition) is 2. The average molecular weight is 380 g/mol. The fourth-order valence-electron chi connectivity index (χ4n) is 3.41. The topological polar surface area (TPSA) is 37.4 Å². The van der Waals surface area contributed by atoms with Crippen LogP contribution in [-0.2, 0) is 11.3 Å². The number of rotatable bonds is 3. The molecule has 0 saturated carbocycles. The molecule has 0 aromatic heterocycles. The van der Waals surface area contributed by atoms with Crippen LogP contribution in [0.5, 0.6) is 0 Å². The van der Waals surface area contributed by atoms with Crippen LogP contribution < -0.4 is 0 Å². The first-order chi connectivity index (χ1) is 13.1. The van der Waals surface area contributed by atoms with Crippen molar-refractivity contribution in [2.24, 2.45) is 0 Å². The molecule has 1 atom stereocenters. The van der Waals surface area contributed by atoms with Gasteiger partial charge in [-0.15, -0.1) is 0 Å². The lowest BCUT2D eigenvalue weighted by Crippen LogP contribution is -2.44. The molecule has 0 bridgehead atoms. The number of amides is 2. The Morgan fingerprint density at radius 3 is 2.37 bits per heavy atom. The zero-order chi connectivity index (χ0) is 19.0. The smallest absolute Gasteiger partial charge is 0.261 e. The highest BCUT2D eigenvalue weighted by atomic mass is 35.5. The minimum Gasteiger partial charge on any atom is -0.273 e. The van der Waals surface area contributed by atoms with Crippen LogP contribution in [0.3, 0.4) is 0 Å². The first-order valence-electron chi connectivity index (χ1n) is 8.50. The second kappa shape index (κ2) is 6.97. The summed E-state index contributed by atoms with van der Waals surface area (Å²) in [5.74, 6) is -1.93. The van der Waals surface area contributed by atoms with Gasteiger partial charge in [0.05, 0.1) is 17.5 Å². The maximum Gasteiger partial charge on any atom is 0.261 e. The van der Waals surface area contributed by atoms with Gasteiger partial charge in [0.1, 0.15) is 5.82 Å². The molecule has 1 heterocycles. The summed E-state index contributed by atoms with van der Waals surface area (Å²) in [7, 11) is 0. The number of carbonyl (C=O) groups excluding carboxylic acids is 2. The van der Waals surface area contributed by atoms with Crippen LogP contribution in [0.25, 0.3) is 0 Å². The highest BCUT2D eigenvalue weighted by Crippen LogP contribution is 2.36. The summed E-state index contributed by atoms with van der Waals surface area (Å²) in [6, 6.07) is 20.6. The van der Waals surface area contributed by atoms with Gasteiger partial charge in [-0.2, -0.15) is 0 Å². The molecule has 4 rings (SSSR count). The molecule has 0 aliphatic carbocycles. The van der Waals surface area contributed by atoms with Crippen molar-refractivity contribution in [1.82, 2.24) is 4.90 Å². The minimum atomic E-state index is -0.708. The molecule has 134 valence electrons. The van der Waals surface area contributed by atoms with Crippen molar-refractivity contribution in [3.8, 4) is 0 Å². The van der Waals surface area contributed by atoms with E-state index < -0.39 is 11.7 Å². The van der Waals surface area contributed by atoms with E-state index >= 15 is 0 Å². The maximum absolute atomic E-state index is 13.6. The molecule has 0 fully saturated rings. The molecule has 2 amide bonds. The monoisotopic (exact) mass is 379 g/mol. The largest absolute Gasteiger partial charge is 0.273 e. The van der Waals surface area contributed by atoms with Crippen LogP contribution in [0.1, 0.15) is 33.0 Å². The van der Waals surface area contributed by atoms with Gasteiger partial charge >= 0.3 is 0 Å². The van der Waals surface area contributed by atoms with Gasteiger partial charge in [-0.05, 0) is 34.9 Å². The second-order valence-corrected chi connectivity index (χ2v) is 6.82. The quantitative estimate of drug-likeness (QED) is 0.613. The highest BCUT2D eigenvalue weighted by Gasteiger charge is 2.39. The van der Waals surface area contributed by atoms with Gasteiger partial charge in [-0.25, -0.2) is 4.39 Å². The predicted octanol–water partition coefficient (Wildman–Crippen LogP) is 4.79. The zero-order valence-corrected chi connectivity index (χ0v) is 15.0. The lowest BCUT2D eigenvalue weighted by atomic mass is 9.83. The van der Waals surface area contributed by atoms with Crippen LogP contribution in [0, 0.1) is 5.82 Å².